The van der Waals surface area contributed by atoms with E-state index in [1.807, 2.05) is 6.92 Å². The molecule has 1 aromatic carbocycles. The summed E-state index contributed by atoms with van der Waals surface area (Å²) < 4.78 is 16.2. The molecule has 0 saturated carbocycles. The Morgan fingerprint density at radius 2 is 1.80 bits per heavy atom. The van der Waals surface area contributed by atoms with Gasteiger partial charge in [0.05, 0.1) is 5.69 Å². The van der Waals surface area contributed by atoms with Crippen LogP contribution < -0.4 is 9.47 Å². The molecular formula is C17H15N5O3. The molecule has 8 heteroatoms. The minimum atomic E-state index is 0.181. The maximum atomic E-state index is 9.29. The van der Waals surface area contributed by atoms with Crippen LogP contribution >= 0.6 is 0 Å². The molecule has 0 bridgehead atoms. The molecule has 0 aliphatic rings. The van der Waals surface area contributed by atoms with E-state index in [2.05, 4.69) is 26.4 Å². The number of nitrogens with zero attached hydrogens (tertiary/aromatic N) is 5. The van der Waals surface area contributed by atoms with Gasteiger partial charge in [0.2, 0.25) is 0 Å². The van der Waals surface area contributed by atoms with Crippen LogP contribution in [0.25, 0.3) is 0 Å². The van der Waals surface area contributed by atoms with Gasteiger partial charge in [0.15, 0.2) is 12.4 Å². The second-order valence-electron chi connectivity index (χ2n) is 5.30. The van der Waals surface area contributed by atoms with Crippen molar-refractivity contribution in [2.45, 2.75) is 27.4 Å². The fourth-order valence-electron chi connectivity index (χ4n) is 2.05. The zero-order valence-corrected chi connectivity index (χ0v) is 14.0. The molecule has 3 aromatic rings. The Morgan fingerprint density at radius 1 is 1.08 bits per heavy atom. The maximum Gasteiger partial charge on any atom is 0.264 e. The molecule has 0 saturated heterocycles. The summed E-state index contributed by atoms with van der Waals surface area (Å²) in [6.45, 7) is 5.53. The maximum absolute atomic E-state index is 9.29. The smallest absolute Gasteiger partial charge is 0.264 e. The number of nitriles is 1. The molecule has 0 fully saturated rings. The van der Waals surface area contributed by atoms with Gasteiger partial charge < -0.3 is 14.0 Å². The number of hydrogen-bond acceptors (Lipinski definition) is 8. The van der Waals surface area contributed by atoms with Gasteiger partial charge >= 0.3 is 0 Å². The van der Waals surface area contributed by atoms with Gasteiger partial charge in [-0.05, 0) is 50.6 Å². The first-order valence-electron chi connectivity index (χ1n) is 7.50. The highest BCUT2D eigenvalue weighted by molar-refractivity contribution is 5.46. The van der Waals surface area contributed by atoms with Crippen LogP contribution in [0.3, 0.4) is 0 Å². The first-order chi connectivity index (χ1) is 12.1. The van der Waals surface area contributed by atoms with Crippen LogP contribution in [0.2, 0.25) is 0 Å². The molecule has 0 radical (unpaired) electrons. The summed E-state index contributed by atoms with van der Waals surface area (Å²) in [5, 5.41) is 20.9. The molecule has 0 spiro atoms. The summed E-state index contributed by atoms with van der Waals surface area (Å²) in [4.78, 5) is 4.06. The van der Waals surface area contributed by atoms with Crippen molar-refractivity contribution in [3.8, 4) is 23.4 Å². The summed E-state index contributed by atoms with van der Waals surface area (Å²) >= 11 is 0. The van der Waals surface area contributed by atoms with Crippen molar-refractivity contribution in [3.63, 3.8) is 0 Å². The van der Waals surface area contributed by atoms with Gasteiger partial charge in [-0.3, -0.25) is 0 Å². The van der Waals surface area contributed by atoms with Gasteiger partial charge in [0, 0.05) is 0 Å². The average Bonchev–Trinajstić information content (AvgIpc) is 3.03. The largest absolute Gasteiger partial charge is 0.484 e. The molecule has 2 heterocycles. The first kappa shape index (κ1) is 16.4. The zero-order chi connectivity index (χ0) is 17.8. The van der Waals surface area contributed by atoms with Crippen LogP contribution in [0.4, 0.5) is 0 Å². The van der Waals surface area contributed by atoms with Crippen LogP contribution in [0.15, 0.2) is 28.8 Å². The van der Waals surface area contributed by atoms with E-state index in [1.54, 1.807) is 38.1 Å². The van der Waals surface area contributed by atoms with Gasteiger partial charge in [-0.1, -0.05) is 5.16 Å². The van der Waals surface area contributed by atoms with E-state index in [4.69, 9.17) is 14.0 Å². The second kappa shape index (κ2) is 6.97. The highest BCUT2D eigenvalue weighted by Crippen LogP contribution is 2.26. The average molecular weight is 337 g/mol. The lowest BCUT2D eigenvalue weighted by Crippen LogP contribution is -2.00. The normalized spacial score (nSPS) is 10.3. The van der Waals surface area contributed by atoms with Crippen LogP contribution in [0, 0.1) is 32.1 Å². The number of aromatic nitrogens is 4. The van der Waals surface area contributed by atoms with E-state index < -0.39 is 0 Å². The van der Waals surface area contributed by atoms with E-state index >= 15 is 0 Å². The lowest BCUT2D eigenvalue weighted by molar-refractivity contribution is 0.242. The zero-order valence-electron chi connectivity index (χ0n) is 14.0. The third kappa shape index (κ3) is 3.72. The van der Waals surface area contributed by atoms with Crippen LogP contribution in [-0.2, 0) is 6.61 Å². The molecule has 0 amide bonds. The number of rotatable bonds is 5. The van der Waals surface area contributed by atoms with E-state index in [9.17, 15) is 5.26 Å². The van der Waals surface area contributed by atoms with Gasteiger partial charge in [-0.15, -0.1) is 5.10 Å². The highest BCUT2D eigenvalue weighted by Gasteiger charge is 2.13. The molecule has 0 aliphatic heterocycles. The molecule has 0 atom stereocenters. The third-order valence-corrected chi connectivity index (χ3v) is 3.50. The third-order valence-electron chi connectivity index (χ3n) is 3.50. The number of aryl methyl sites for hydroxylation is 2. The Balaban J connectivity index is 1.69. The van der Waals surface area contributed by atoms with E-state index in [-0.39, 0.29) is 12.5 Å². The fraction of sp³-hybridized carbons (Fsp3) is 0.235. The Morgan fingerprint density at radius 3 is 2.44 bits per heavy atom. The molecule has 3 rings (SSSR count). The number of benzene rings is 1. The van der Waals surface area contributed by atoms with Crippen LogP contribution in [-0.4, -0.2) is 20.3 Å². The van der Waals surface area contributed by atoms with Gasteiger partial charge in [0.25, 0.3) is 11.8 Å². The predicted molar refractivity (Wildman–Crippen MR) is 86.1 cm³/mol. The Labute approximate surface area is 144 Å². The molecule has 8 nitrogen and oxygen atoms in total. The van der Waals surface area contributed by atoms with Crippen LogP contribution in [0.1, 0.15) is 28.5 Å². The Bertz CT molecular complexity index is 928. The van der Waals surface area contributed by atoms with E-state index in [1.165, 1.54) is 0 Å². The van der Waals surface area contributed by atoms with Crippen molar-refractivity contribution in [1.82, 2.24) is 20.3 Å². The molecular weight excluding hydrogens is 322 g/mol. The van der Waals surface area contributed by atoms with Gasteiger partial charge in [-0.25, -0.2) is 0 Å². The molecule has 2 aromatic heterocycles. The highest BCUT2D eigenvalue weighted by atomic mass is 16.5. The number of ether oxygens (including phenoxy) is 2. The lowest BCUT2D eigenvalue weighted by Gasteiger charge is -2.09. The van der Waals surface area contributed by atoms with Crippen molar-refractivity contribution in [2.24, 2.45) is 0 Å². The van der Waals surface area contributed by atoms with Crippen molar-refractivity contribution < 1.29 is 14.0 Å². The monoisotopic (exact) mass is 337 g/mol. The molecule has 126 valence electrons. The van der Waals surface area contributed by atoms with Crippen LogP contribution in [0.5, 0.6) is 17.4 Å². The van der Waals surface area contributed by atoms with Crippen molar-refractivity contribution >= 4 is 0 Å². The standard InChI is InChI=1S/C17H15N5O3/c1-10-11(2)20-21-17(15(10)8-18)24-14-6-4-13(5-7-14)23-9-16-19-12(3)22-25-16/h4-7H,9H2,1-3H3. The van der Waals surface area contributed by atoms with Gasteiger partial charge in [0.1, 0.15) is 23.1 Å². The quantitative estimate of drug-likeness (QED) is 0.699. The molecule has 0 aliphatic carbocycles. The van der Waals surface area contributed by atoms with E-state index in [0.29, 0.717) is 34.5 Å². The minimum absolute atomic E-state index is 0.181. The van der Waals surface area contributed by atoms with Crippen molar-refractivity contribution in [3.05, 3.63) is 52.8 Å². The summed E-state index contributed by atoms with van der Waals surface area (Å²) in [5.74, 6) is 2.29. The SMILES string of the molecule is Cc1noc(COc2ccc(Oc3nnc(C)c(C)c3C#N)cc2)n1. The number of hydrogen-bond donors (Lipinski definition) is 0. The summed E-state index contributed by atoms with van der Waals surface area (Å²) in [5.41, 5.74) is 1.82. The Hall–Kier alpha value is -3.47. The summed E-state index contributed by atoms with van der Waals surface area (Å²) in [6, 6.07) is 9.00. The molecule has 0 unspecified atom stereocenters. The first-order valence-corrected chi connectivity index (χ1v) is 7.50. The van der Waals surface area contributed by atoms with Crippen molar-refractivity contribution in [2.75, 3.05) is 0 Å². The topological polar surface area (TPSA) is 107 Å². The lowest BCUT2D eigenvalue weighted by atomic mass is 10.1. The minimum Gasteiger partial charge on any atom is -0.484 e. The Kier molecular flexibility index (Phi) is 4.57. The van der Waals surface area contributed by atoms with E-state index in [0.717, 1.165) is 5.56 Å². The summed E-state index contributed by atoms with van der Waals surface area (Å²) in [7, 11) is 0. The van der Waals surface area contributed by atoms with Gasteiger partial charge in [-0.2, -0.15) is 15.3 Å². The van der Waals surface area contributed by atoms with Crippen molar-refractivity contribution in [1.29, 1.82) is 5.26 Å². The fourth-order valence-corrected chi connectivity index (χ4v) is 2.05. The molecule has 25 heavy (non-hydrogen) atoms. The predicted octanol–water partition coefficient (Wildman–Crippen LogP) is 3.03. The molecule has 0 N–H and O–H groups in total. The second-order valence-corrected chi connectivity index (χ2v) is 5.30. The summed E-state index contributed by atoms with van der Waals surface area (Å²) in [6.07, 6.45) is 0.